The highest BCUT2D eigenvalue weighted by molar-refractivity contribution is 6.09. The monoisotopic (exact) mass is 442 g/mol. The van der Waals surface area contributed by atoms with Gasteiger partial charge in [0.25, 0.3) is 0 Å². The fourth-order valence-electron chi connectivity index (χ4n) is 7.95. The Labute approximate surface area is 187 Å². The maximum Gasteiger partial charge on any atom is 0.236 e. The first-order chi connectivity index (χ1) is 16.1. The molecule has 8 heteroatoms. The molecule has 2 aromatic rings. The van der Waals surface area contributed by atoms with Crippen molar-refractivity contribution in [3.05, 3.63) is 46.5 Å². The van der Waals surface area contributed by atoms with Gasteiger partial charge in [0.2, 0.25) is 23.6 Å². The Morgan fingerprint density at radius 1 is 0.576 bits per heavy atom. The lowest BCUT2D eigenvalue weighted by Crippen LogP contribution is -2.38. The van der Waals surface area contributed by atoms with Gasteiger partial charge in [-0.05, 0) is 39.4 Å². The Hall–Kier alpha value is -3.10. The van der Waals surface area contributed by atoms with Crippen LogP contribution in [0.2, 0.25) is 0 Å². The van der Waals surface area contributed by atoms with E-state index in [2.05, 4.69) is 0 Å². The zero-order chi connectivity index (χ0) is 21.9. The average molecular weight is 442 g/mol. The van der Waals surface area contributed by atoms with Crippen molar-refractivity contribution in [2.24, 2.45) is 23.7 Å². The third kappa shape index (κ3) is 1.64. The van der Waals surface area contributed by atoms with Crippen molar-refractivity contribution in [1.29, 1.82) is 0 Å². The number of amides is 4. The van der Waals surface area contributed by atoms with Crippen LogP contribution in [0.1, 0.15) is 53.1 Å². The van der Waals surface area contributed by atoms with E-state index in [-0.39, 0.29) is 36.7 Å². The van der Waals surface area contributed by atoms with Crippen molar-refractivity contribution in [2.75, 3.05) is 13.1 Å². The normalized spacial score (nSPS) is 40.8. The van der Waals surface area contributed by atoms with Crippen molar-refractivity contribution in [3.63, 3.8) is 0 Å². The van der Waals surface area contributed by atoms with Crippen molar-refractivity contribution in [1.82, 2.24) is 9.80 Å². The molecular weight excluding hydrogens is 424 g/mol. The van der Waals surface area contributed by atoms with Crippen molar-refractivity contribution >= 4 is 34.4 Å². The number of benzene rings is 2. The van der Waals surface area contributed by atoms with E-state index >= 15 is 0 Å². The number of carbonyl (C=O) groups is 4. The summed E-state index contributed by atoms with van der Waals surface area (Å²) in [6, 6.07) is 8.11. The smallest absolute Gasteiger partial charge is 0.236 e. The Balaban J connectivity index is 1.34. The molecule has 0 unspecified atom stereocenters. The fraction of sp³-hybridized carbons (Fsp3) is 0.440. The molecular formula is C25H18N2O6. The van der Waals surface area contributed by atoms with Crippen LogP contribution in [0.5, 0.6) is 0 Å². The molecule has 164 valence electrons. The third-order valence-corrected chi connectivity index (χ3v) is 9.17. The zero-order valence-corrected chi connectivity index (χ0v) is 17.4. The second kappa shape index (κ2) is 5.18. The third-order valence-electron chi connectivity index (χ3n) is 9.17. The lowest BCUT2D eigenvalue weighted by molar-refractivity contribution is -0.143. The number of hydrogen-bond donors (Lipinski definition) is 0. The molecule has 0 spiro atoms. The molecule has 0 N–H and O–H groups in total. The van der Waals surface area contributed by atoms with Gasteiger partial charge in [-0.3, -0.25) is 29.0 Å². The van der Waals surface area contributed by atoms with Crippen LogP contribution >= 0.6 is 0 Å². The van der Waals surface area contributed by atoms with Gasteiger partial charge in [0.15, 0.2) is 0 Å². The van der Waals surface area contributed by atoms with Crippen molar-refractivity contribution in [3.8, 4) is 0 Å². The summed E-state index contributed by atoms with van der Waals surface area (Å²) in [4.78, 5) is 55.8. The molecule has 2 aromatic carbocycles. The van der Waals surface area contributed by atoms with Gasteiger partial charge in [0.05, 0.1) is 48.1 Å². The first-order valence-corrected chi connectivity index (χ1v) is 11.7. The summed E-state index contributed by atoms with van der Waals surface area (Å²) in [5.41, 5.74) is 3.97. The molecule has 7 heterocycles. The van der Waals surface area contributed by atoms with Gasteiger partial charge < -0.3 is 9.47 Å². The maximum absolute atomic E-state index is 13.3. The standard InChI is InChI=1S/C25H18N2O6/c28-22-14-17-21-13-9-3-5-11-12(8(9)2-4-10(13)18(14)32-21)20-16-15(19(11)33-20)23(29)27(24(16)30)7-1-6-26(22)25(17)31/h2-5,14-21H,1,6-7H2/t14-,15-,16+,17+,18-,19-,20+,21+/m0/s1. The minimum absolute atomic E-state index is 0.194. The van der Waals surface area contributed by atoms with Crippen LogP contribution in [0, 0.1) is 23.7 Å². The van der Waals surface area contributed by atoms with Crippen LogP contribution in [-0.4, -0.2) is 46.5 Å². The van der Waals surface area contributed by atoms with Crippen LogP contribution < -0.4 is 0 Å². The van der Waals surface area contributed by atoms with Gasteiger partial charge in [-0.25, -0.2) is 0 Å². The summed E-state index contributed by atoms with van der Waals surface area (Å²) in [7, 11) is 0. The zero-order valence-electron chi connectivity index (χ0n) is 17.4. The van der Waals surface area contributed by atoms with Crippen LogP contribution in [0.4, 0.5) is 0 Å². The number of ether oxygens (including phenoxy) is 2. The van der Waals surface area contributed by atoms with Crippen LogP contribution in [-0.2, 0) is 28.7 Å². The molecule has 0 radical (unpaired) electrons. The van der Waals surface area contributed by atoms with Gasteiger partial charge in [-0.1, -0.05) is 24.3 Å². The molecule has 7 aliphatic rings. The summed E-state index contributed by atoms with van der Waals surface area (Å²) >= 11 is 0. The van der Waals surface area contributed by atoms with E-state index in [0.717, 1.165) is 33.0 Å². The summed E-state index contributed by atoms with van der Waals surface area (Å²) in [6.45, 7) is 0.423. The highest BCUT2D eigenvalue weighted by Gasteiger charge is 2.67. The molecule has 0 aliphatic carbocycles. The predicted molar refractivity (Wildman–Crippen MR) is 109 cm³/mol. The number of hydrogen-bond acceptors (Lipinski definition) is 6. The van der Waals surface area contributed by atoms with E-state index in [1.54, 1.807) is 0 Å². The Morgan fingerprint density at radius 2 is 0.970 bits per heavy atom. The largest absolute Gasteiger partial charge is 0.364 e. The van der Waals surface area contributed by atoms with Crippen LogP contribution in [0.25, 0.3) is 10.8 Å². The molecule has 4 fully saturated rings. The molecule has 4 saturated heterocycles. The topological polar surface area (TPSA) is 93.2 Å². The maximum atomic E-state index is 13.3. The number of fused-ring (bicyclic) bond motifs is 8. The van der Waals surface area contributed by atoms with E-state index in [0.29, 0.717) is 6.42 Å². The first kappa shape index (κ1) is 17.4. The second-order valence-electron chi connectivity index (χ2n) is 10.3. The quantitative estimate of drug-likeness (QED) is 0.577. The number of nitrogens with zero attached hydrogens (tertiary/aromatic N) is 2. The number of imide groups is 2. The lowest BCUT2D eigenvalue weighted by Gasteiger charge is -2.25. The molecule has 4 amide bonds. The summed E-state index contributed by atoms with van der Waals surface area (Å²) < 4.78 is 12.5. The van der Waals surface area contributed by atoms with E-state index in [1.807, 2.05) is 24.3 Å². The van der Waals surface area contributed by atoms with Crippen molar-refractivity contribution < 1.29 is 28.7 Å². The van der Waals surface area contributed by atoms with Crippen LogP contribution in [0.15, 0.2) is 24.3 Å². The SMILES string of the molecule is O=C1[C@@H]2[C@@H]3C(=O)N1CCCN1C(=O)[C@@H]4[C@H](C1=O)[C@H]1O[C@@H]4c4c1ccc1c5c(ccc41)[C@@H]3O[C@H]52. The average Bonchev–Trinajstić information content (AvgIpc) is 3.62. The minimum atomic E-state index is -0.504. The van der Waals surface area contributed by atoms with E-state index < -0.39 is 48.1 Å². The molecule has 8 nitrogen and oxygen atoms in total. The van der Waals surface area contributed by atoms with Gasteiger partial charge >= 0.3 is 0 Å². The van der Waals surface area contributed by atoms with Crippen molar-refractivity contribution in [2.45, 2.75) is 30.8 Å². The predicted octanol–water partition coefficient (Wildman–Crippen LogP) is 1.70. The highest BCUT2D eigenvalue weighted by atomic mass is 16.5. The molecule has 9 rings (SSSR count). The second-order valence-corrected chi connectivity index (χ2v) is 10.3. The highest BCUT2D eigenvalue weighted by Crippen LogP contribution is 2.65. The molecule has 12 bridgehead atoms. The Bertz CT molecular complexity index is 1310. The number of carbonyl (C=O) groups excluding carboxylic acids is 4. The van der Waals surface area contributed by atoms with Gasteiger partial charge in [0, 0.05) is 13.1 Å². The summed E-state index contributed by atoms with van der Waals surface area (Å²) in [5.74, 6) is -2.77. The van der Waals surface area contributed by atoms with E-state index in [4.69, 9.17) is 9.47 Å². The van der Waals surface area contributed by atoms with Crippen LogP contribution in [0.3, 0.4) is 0 Å². The summed E-state index contributed by atoms with van der Waals surface area (Å²) in [6.07, 6.45) is -1.28. The Morgan fingerprint density at radius 3 is 1.39 bits per heavy atom. The minimum Gasteiger partial charge on any atom is -0.364 e. The van der Waals surface area contributed by atoms with Gasteiger partial charge in [-0.15, -0.1) is 0 Å². The molecule has 7 aliphatic heterocycles. The Kier molecular flexibility index (Phi) is 2.73. The molecule has 0 saturated carbocycles. The molecule has 33 heavy (non-hydrogen) atoms. The number of rotatable bonds is 0. The summed E-state index contributed by atoms with van der Waals surface area (Å²) in [5, 5.41) is 1.99. The first-order valence-electron chi connectivity index (χ1n) is 11.7. The molecule has 8 atom stereocenters. The van der Waals surface area contributed by atoms with Gasteiger partial charge in [-0.2, -0.15) is 0 Å². The van der Waals surface area contributed by atoms with E-state index in [9.17, 15) is 19.2 Å². The lowest BCUT2D eigenvalue weighted by atomic mass is 9.72. The van der Waals surface area contributed by atoms with E-state index in [1.165, 1.54) is 9.80 Å². The fourth-order valence-corrected chi connectivity index (χ4v) is 7.95. The van der Waals surface area contributed by atoms with Gasteiger partial charge in [0.1, 0.15) is 0 Å². The molecule has 0 aromatic heterocycles.